The van der Waals surface area contributed by atoms with Gasteiger partial charge in [0, 0.05) is 19.8 Å². The molecule has 5 nitrogen and oxygen atoms in total. The van der Waals surface area contributed by atoms with Gasteiger partial charge in [-0.05, 0) is 18.8 Å². The lowest BCUT2D eigenvalue weighted by molar-refractivity contribution is 0.557. The molecule has 0 aromatic carbocycles. The van der Waals surface area contributed by atoms with Crippen molar-refractivity contribution >= 4 is 0 Å². The van der Waals surface area contributed by atoms with Crippen LogP contribution in [0.15, 0.2) is 15.8 Å². The predicted octanol–water partition coefficient (Wildman–Crippen LogP) is -0.171. The maximum atomic E-state index is 11.6. The molecule has 78 valence electrons. The topological polar surface area (TPSA) is 67.8 Å². The van der Waals surface area contributed by atoms with Crippen molar-refractivity contribution in [3.8, 4) is 6.07 Å². The molecular weight excluding hydrogens is 194 g/mol. The van der Waals surface area contributed by atoms with E-state index in [0.29, 0.717) is 12.5 Å². The molecule has 0 unspecified atom stereocenters. The molecule has 1 fully saturated rings. The minimum atomic E-state index is -0.519. The normalized spacial score (nSPS) is 14.9. The third kappa shape index (κ3) is 1.71. The Kier molecular flexibility index (Phi) is 2.19. The lowest BCUT2D eigenvalue weighted by Crippen LogP contribution is -2.39. The van der Waals surface area contributed by atoms with Gasteiger partial charge in [0.25, 0.3) is 5.56 Å². The smallest absolute Gasteiger partial charge is 0.299 e. The largest absolute Gasteiger partial charge is 0.330 e. The third-order valence-corrected chi connectivity index (χ3v) is 2.62. The minimum Gasteiger partial charge on any atom is -0.299 e. The van der Waals surface area contributed by atoms with Crippen LogP contribution >= 0.6 is 0 Å². The van der Waals surface area contributed by atoms with Crippen LogP contribution in [-0.2, 0) is 13.6 Å². The van der Waals surface area contributed by atoms with Crippen molar-refractivity contribution in [2.24, 2.45) is 13.0 Å². The van der Waals surface area contributed by atoms with Crippen molar-refractivity contribution in [1.82, 2.24) is 9.13 Å². The molecule has 0 amide bonds. The third-order valence-electron chi connectivity index (χ3n) is 2.62. The highest BCUT2D eigenvalue weighted by molar-refractivity contribution is 5.22. The highest BCUT2D eigenvalue weighted by Gasteiger charge is 2.23. The van der Waals surface area contributed by atoms with Crippen molar-refractivity contribution in [3.63, 3.8) is 0 Å². The van der Waals surface area contributed by atoms with Gasteiger partial charge in [-0.25, -0.2) is 4.79 Å². The number of nitrogens with zero attached hydrogens (tertiary/aromatic N) is 3. The first-order valence-electron chi connectivity index (χ1n) is 4.84. The average molecular weight is 205 g/mol. The number of rotatable bonds is 2. The molecule has 0 spiro atoms. The van der Waals surface area contributed by atoms with E-state index in [1.54, 1.807) is 6.07 Å². The van der Waals surface area contributed by atoms with Gasteiger partial charge >= 0.3 is 5.69 Å². The molecule has 5 heteroatoms. The zero-order valence-electron chi connectivity index (χ0n) is 8.43. The monoisotopic (exact) mass is 205 g/mol. The Labute approximate surface area is 86.2 Å². The van der Waals surface area contributed by atoms with Gasteiger partial charge in [0.15, 0.2) is 0 Å². The van der Waals surface area contributed by atoms with Crippen molar-refractivity contribution in [3.05, 3.63) is 32.6 Å². The fraction of sp³-hybridized carbons (Fsp3) is 0.500. The Morgan fingerprint density at radius 1 is 1.53 bits per heavy atom. The average Bonchev–Trinajstić information content (AvgIpc) is 3.03. The van der Waals surface area contributed by atoms with Gasteiger partial charge in [0.2, 0.25) is 0 Å². The summed E-state index contributed by atoms with van der Waals surface area (Å²) in [7, 11) is 1.40. The van der Waals surface area contributed by atoms with E-state index in [4.69, 9.17) is 5.26 Å². The molecule has 15 heavy (non-hydrogen) atoms. The Morgan fingerprint density at radius 3 is 2.73 bits per heavy atom. The summed E-state index contributed by atoms with van der Waals surface area (Å²) in [4.78, 5) is 23.0. The van der Waals surface area contributed by atoms with Crippen molar-refractivity contribution < 1.29 is 0 Å². The summed E-state index contributed by atoms with van der Waals surface area (Å²) in [6.07, 6.45) is 3.61. The zero-order valence-corrected chi connectivity index (χ0v) is 8.43. The molecule has 1 aromatic heterocycles. The Bertz CT molecular complexity index is 543. The first-order valence-corrected chi connectivity index (χ1v) is 4.84. The fourth-order valence-electron chi connectivity index (χ4n) is 1.51. The van der Waals surface area contributed by atoms with Crippen LogP contribution in [0, 0.1) is 17.2 Å². The second-order valence-corrected chi connectivity index (χ2v) is 3.90. The Balaban J connectivity index is 2.55. The summed E-state index contributed by atoms with van der Waals surface area (Å²) in [5.74, 6) is 0.534. The maximum absolute atomic E-state index is 11.6. The molecule has 1 heterocycles. The summed E-state index contributed by atoms with van der Waals surface area (Å²) in [5, 5.41) is 8.73. The predicted molar refractivity (Wildman–Crippen MR) is 53.4 cm³/mol. The number of hydrogen-bond acceptors (Lipinski definition) is 3. The molecule has 0 radical (unpaired) electrons. The summed E-state index contributed by atoms with van der Waals surface area (Å²) in [6, 6.07) is 1.80. The highest BCUT2D eigenvalue weighted by atomic mass is 16.2. The molecule has 1 aromatic rings. The molecule has 0 saturated heterocycles. The van der Waals surface area contributed by atoms with E-state index in [1.807, 2.05) is 0 Å². The molecule has 0 aliphatic heterocycles. The molecule has 1 aliphatic carbocycles. The first kappa shape index (κ1) is 9.71. The van der Waals surface area contributed by atoms with Gasteiger partial charge in [-0.1, -0.05) is 0 Å². The molecule has 1 saturated carbocycles. The van der Waals surface area contributed by atoms with Crippen LogP contribution in [-0.4, -0.2) is 9.13 Å². The summed E-state index contributed by atoms with van der Waals surface area (Å²) in [6.45, 7) is 0.613. The van der Waals surface area contributed by atoms with Crippen molar-refractivity contribution in [1.29, 1.82) is 5.26 Å². The summed E-state index contributed by atoms with van der Waals surface area (Å²) >= 11 is 0. The van der Waals surface area contributed by atoms with E-state index < -0.39 is 5.56 Å². The van der Waals surface area contributed by atoms with Crippen LogP contribution in [0.25, 0.3) is 0 Å². The van der Waals surface area contributed by atoms with Crippen LogP contribution in [0.2, 0.25) is 0 Å². The second kappa shape index (κ2) is 3.39. The molecule has 2 rings (SSSR count). The number of hydrogen-bond donors (Lipinski definition) is 0. The minimum absolute atomic E-state index is 0.0257. The van der Waals surface area contributed by atoms with Gasteiger partial charge in [0.05, 0.1) is 0 Å². The van der Waals surface area contributed by atoms with E-state index in [9.17, 15) is 9.59 Å². The summed E-state index contributed by atoms with van der Waals surface area (Å²) < 4.78 is 2.44. The van der Waals surface area contributed by atoms with E-state index in [2.05, 4.69) is 0 Å². The van der Waals surface area contributed by atoms with Crippen LogP contribution < -0.4 is 11.2 Å². The lowest BCUT2D eigenvalue weighted by atomic mass is 10.3. The van der Waals surface area contributed by atoms with Gasteiger partial charge < -0.3 is 0 Å². The van der Waals surface area contributed by atoms with E-state index in [-0.39, 0.29) is 11.3 Å². The van der Waals surface area contributed by atoms with Gasteiger partial charge in [-0.15, -0.1) is 0 Å². The lowest BCUT2D eigenvalue weighted by Gasteiger charge is -2.06. The Hall–Kier alpha value is -1.83. The Morgan fingerprint density at radius 2 is 2.20 bits per heavy atom. The van der Waals surface area contributed by atoms with Gasteiger partial charge in [-0.2, -0.15) is 5.26 Å². The van der Waals surface area contributed by atoms with Gasteiger partial charge in [0.1, 0.15) is 11.6 Å². The highest BCUT2D eigenvalue weighted by Crippen LogP contribution is 2.29. The fourth-order valence-corrected chi connectivity index (χ4v) is 1.51. The quantitative estimate of drug-likeness (QED) is 0.673. The van der Waals surface area contributed by atoms with Crippen LogP contribution in [0.3, 0.4) is 0 Å². The maximum Gasteiger partial charge on any atom is 0.330 e. The molecule has 0 bridgehead atoms. The SMILES string of the molecule is Cn1c(=O)c(C#N)cn(CC2CC2)c1=O. The van der Waals surface area contributed by atoms with E-state index in [0.717, 1.165) is 17.4 Å². The van der Waals surface area contributed by atoms with Crippen molar-refractivity contribution in [2.75, 3.05) is 0 Å². The van der Waals surface area contributed by atoms with E-state index >= 15 is 0 Å². The molecule has 1 aliphatic rings. The summed E-state index contributed by atoms with van der Waals surface area (Å²) in [5.41, 5.74) is -0.835. The number of nitriles is 1. The molecule has 0 atom stereocenters. The molecular formula is C10H11N3O2. The zero-order chi connectivity index (χ0) is 11.0. The van der Waals surface area contributed by atoms with Crippen LogP contribution in [0.1, 0.15) is 18.4 Å². The standard InChI is InChI=1S/C10H11N3O2/c1-12-9(14)8(4-11)6-13(10(12)15)5-7-2-3-7/h6-7H,2-3,5H2,1H3. The van der Waals surface area contributed by atoms with Crippen LogP contribution in [0.5, 0.6) is 0 Å². The van der Waals surface area contributed by atoms with E-state index in [1.165, 1.54) is 17.8 Å². The number of aromatic nitrogens is 2. The molecule has 0 N–H and O–H groups in total. The van der Waals surface area contributed by atoms with Gasteiger partial charge in [-0.3, -0.25) is 13.9 Å². The first-order chi connectivity index (χ1) is 7.13. The van der Waals surface area contributed by atoms with Crippen molar-refractivity contribution in [2.45, 2.75) is 19.4 Å². The van der Waals surface area contributed by atoms with Crippen LogP contribution in [0.4, 0.5) is 0 Å². The second-order valence-electron chi connectivity index (χ2n) is 3.90.